The minimum absolute atomic E-state index is 0.199. The van der Waals surface area contributed by atoms with Gasteiger partial charge in [0.2, 0.25) is 0 Å². The van der Waals surface area contributed by atoms with Crippen LogP contribution in [0.2, 0.25) is 0 Å². The molecule has 4 heteroatoms. The molecule has 1 aliphatic heterocycles. The van der Waals surface area contributed by atoms with Crippen molar-refractivity contribution in [2.75, 3.05) is 19.7 Å². The van der Waals surface area contributed by atoms with Gasteiger partial charge in [0.15, 0.2) is 4.74 Å². The highest BCUT2D eigenvalue weighted by Crippen LogP contribution is 2.23. The molecular formula is C19H37BrN2O. The molecule has 1 aliphatic rings. The predicted molar refractivity (Wildman–Crippen MR) is 104 cm³/mol. The summed E-state index contributed by atoms with van der Waals surface area (Å²) in [5.74, 6) is 0.639. The highest BCUT2D eigenvalue weighted by molar-refractivity contribution is 9.18. The molecule has 2 unspecified atom stereocenters. The van der Waals surface area contributed by atoms with Gasteiger partial charge in [-0.25, -0.2) is 0 Å². The maximum absolute atomic E-state index is 9.06. The number of unbranched alkanes of at least 4 members (excludes halogenated alkanes) is 9. The summed E-state index contributed by atoms with van der Waals surface area (Å²) in [5.41, 5.74) is 0. The van der Waals surface area contributed by atoms with E-state index in [0.717, 1.165) is 11.3 Å². The minimum atomic E-state index is 0.199. The molecule has 0 aliphatic carbocycles. The average molecular weight is 389 g/mol. The fourth-order valence-corrected chi connectivity index (χ4v) is 3.90. The molecule has 0 amide bonds. The topological polar surface area (TPSA) is 35.8 Å². The molecule has 1 heterocycles. The van der Waals surface area contributed by atoms with Crippen molar-refractivity contribution >= 4 is 20.7 Å². The number of nitrogens with zero attached hydrogens (tertiary/aromatic N) is 2. The summed E-state index contributed by atoms with van der Waals surface area (Å²) in [5, 5.41) is 9.06. The van der Waals surface area contributed by atoms with Crippen LogP contribution in [-0.2, 0) is 0 Å². The van der Waals surface area contributed by atoms with Gasteiger partial charge in [0.05, 0.1) is 12.6 Å². The Labute approximate surface area is 152 Å². The van der Waals surface area contributed by atoms with Crippen LogP contribution in [0.4, 0.5) is 0 Å². The standard InChI is InChI=1S/C19H37BrN2O/c1-3-4-5-6-7-8-9-10-11-12-13-17(2)18-16-22(14-15-23)19(20)21-18/h17-18,23H,3-16H2,1-2H3. The largest absolute Gasteiger partial charge is 0.395 e. The number of aliphatic imine (C=N–C) groups is 1. The quantitative estimate of drug-likeness (QED) is 0.321. The summed E-state index contributed by atoms with van der Waals surface area (Å²) in [7, 11) is 0. The van der Waals surface area contributed by atoms with Crippen LogP contribution in [-0.4, -0.2) is 40.5 Å². The van der Waals surface area contributed by atoms with E-state index in [-0.39, 0.29) is 6.61 Å². The summed E-state index contributed by atoms with van der Waals surface area (Å²) >= 11 is 3.51. The number of amidine groups is 1. The molecule has 0 bridgehead atoms. The van der Waals surface area contributed by atoms with Gasteiger partial charge >= 0.3 is 0 Å². The van der Waals surface area contributed by atoms with Crippen molar-refractivity contribution in [1.29, 1.82) is 0 Å². The van der Waals surface area contributed by atoms with Crippen molar-refractivity contribution in [1.82, 2.24) is 4.90 Å². The number of halogens is 1. The third-order valence-corrected chi connectivity index (χ3v) is 5.69. The van der Waals surface area contributed by atoms with Crippen LogP contribution in [0.3, 0.4) is 0 Å². The summed E-state index contributed by atoms with van der Waals surface area (Å²) in [6.45, 7) is 6.45. The van der Waals surface area contributed by atoms with Crippen LogP contribution < -0.4 is 0 Å². The molecule has 0 radical (unpaired) electrons. The fraction of sp³-hybridized carbons (Fsp3) is 0.947. The SMILES string of the molecule is CCCCCCCCCCCCC(C)C1CN(CCO)C(Br)=N1. The first-order valence-corrected chi connectivity index (χ1v) is 10.6. The molecule has 3 nitrogen and oxygen atoms in total. The highest BCUT2D eigenvalue weighted by Gasteiger charge is 2.26. The Bertz CT molecular complexity index is 322. The Hall–Kier alpha value is -0.0900. The van der Waals surface area contributed by atoms with E-state index in [4.69, 9.17) is 10.1 Å². The van der Waals surface area contributed by atoms with Gasteiger partial charge in [-0.15, -0.1) is 0 Å². The van der Waals surface area contributed by atoms with Crippen molar-refractivity contribution in [3.05, 3.63) is 0 Å². The number of hydrogen-bond donors (Lipinski definition) is 1. The van der Waals surface area contributed by atoms with E-state index in [0.29, 0.717) is 18.5 Å². The first-order valence-electron chi connectivity index (χ1n) is 9.78. The van der Waals surface area contributed by atoms with Crippen molar-refractivity contribution in [3.63, 3.8) is 0 Å². The number of hydrogen-bond acceptors (Lipinski definition) is 3. The van der Waals surface area contributed by atoms with Crippen LogP contribution in [0.25, 0.3) is 0 Å². The summed E-state index contributed by atoms with van der Waals surface area (Å²) in [4.78, 5) is 6.84. The van der Waals surface area contributed by atoms with Crippen LogP contribution in [0, 0.1) is 5.92 Å². The number of rotatable bonds is 14. The summed E-state index contributed by atoms with van der Waals surface area (Å²) in [6.07, 6.45) is 15.3. The third kappa shape index (κ3) is 9.09. The predicted octanol–water partition coefficient (Wildman–Crippen LogP) is 5.36. The van der Waals surface area contributed by atoms with Gasteiger partial charge in [0.25, 0.3) is 0 Å². The van der Waals surface area contributed by atoms with E-state index < -0.39 is 0 Å². The van der Waals surface area contributed by atoms with Crippen LogP contribution in [0.5, 0.6) is 0 Å². The summed E-state index contributed by atoms with van der Waals surface area (Å²) < 4.78 is 0.923. The van der Waals surface area contributed by atoms with Gasteiger partial charge < -0.3 is 10.0 Å². The number of aliphatic hydroxyl groups excluding tert-OH is 1. The monoisotopic (exact) mass is 388 g/mol. The van der Waals surface area contributed by atoms with E-state index >= 15 is 0 Å². The number of β-amino-alcohol motifs (C(OH)–C–C–N with tert-alkyl or cyclic N) is 1. The zero-order valence-electron chi connectivity index (χ0n) is 15.3. The Morgan fingerprint density at radius 3 is 2.22 bits per heavy atom. The van der Waals surface area contributed by atoms with Crippen molar-refractivity contribution in [2.24, 2.45) is 10.9 Å². The average Bonchev–Trinajstić information content (AvgIpc) is 2.90. The van der Waals surface area contributed by atoms with E-state index in [1.165, 1.54) is 70.6 Å². The zero-order valence-corrected chi connectivity index (χ0v) is 16.9. The van der Waals surface area contributed by atoms with Gasteiger partial charge in [0.1, 0.15) is 0 Å². The second-order valence-corrected chi connectivity index (χ2v) is 7.79. The Morgan fingerprint density at radius 2 is 1.65 bits per heavy atom. The Kier molecular flexibility index (Phi) is 12.1. The van der Waals surface area contributed by atoms with E-state index in [1.807, 2.05) is 0 Å². The molecule has 23 heavy (non-hydrogen) atoms. The lowest BCUT2D eigenvalue weighted by Gasteiger charge is -2.20. The lowest BCUT2D eigenvalue weighted by atomic mass is 9.95. The molecule has 0 spiro atoms. The molecule has 0 aromatic rings. The lowest BCUT2D eigenvalue weighted by molar-refractivity contribution is 0.247. The third-order valence-electron chi connectivity index (χ3n) is 4.98. The Morgan fingerprint density at radius 1 is 1.09 bits per heavy atom. The van der Waals surface area contributed by atoms with Crippen LogP contribution >= 0.6 is 15.9 Å². The normalized spacial score (nSPS) is 19.2. The maximum Gasteiger partial charge on any atom is 0.168 e. The molecular weight excluding hydrogens is 352 g/mol. The van der Waals surface area contributed by atoms with Gasteiger partial charge in [-0.1, -0.05) is 78.1 Å². The van der Waals surface area contributed by atoms with Crippen molar-refractivity contribution < 1.29 is 5.11 Å². The number of aliphatic hydroxyl groups is 1. The second-order valence-electron chi connectivity index (χ2n) is 7.08. The lowest BCUT2D eigenvalue weighted by Crippen LogP contribution is -2.31. The highest BCUT2D eigenvalue weighted by atomic mass is 79.9. The van der Waals surface area contributed by atoms with E-state index in [2.05, 4.69) is 34.7 Å². The van der Waals surface area contributed by atoms with Crippen molar-refractivity contribution in [2.45, 2.75) is 90.5 Å². The molecule has 0 saturated carbocycles. The molecule has 1 rings (SSSR count). The van der Waals surface area contributed by atoms with Gasteiger partial charge in [-0.3, -0.25) is 4.99 Å². The molecule has 0 aromatic carbocycles. The first kappa shape index (κ1) is 21.0. The van der Waals surface area contributed by atoms with Crippen molar-refractivity contribution in [3.8, 4) is 0 Å². The second kappa shape index (κ2) is 13.2. The molecule has 136 valence electrons. The summed E-state index contributed by atoms with van der Waals surface area (Å²) in [6, 6.07) is 0.398. The molecule has 0 aromatic heterocycles. The molecule has 0 saturated heterocycles. The molecule has 2 atom stereocenters. The Balaban J connectivity index is 1.97. The minimum Gasteiger partial charge on any atom is -0.395 e. The van der Waals surface area contributed by atoms with E-state index in [1.54, 1.807) is 0 Å². The molecule has 1 N–H and O–H groups in total. The van der Waals surface area contributed by atoms with Gasteiger partial charge in [-0.2, -0.15) is 0 Å². The zero-order chi connectivity index (χ0) is 16.9. The fourth-order valence-electron chi connectivity index (χ4n) is 3.32. The van der Waals surface area contributed by atoms with E-state index in [9.17, 15) is 0 Å². The van der Waals surface area contributed by atoms with Crippen LogP contribution in [0.15, 0.2) is 4.99 Å². The first-order chi connectivity index (χ1) is 11.2. The smallest absolute Gasteiger partial charge is 0.168 e. The van der Waals surface area contributed by atoms with Gasteiger partial charge in [0, 0.05) is 13.1 Å². The van der Waals surface area contributed by atoms with Crippen LogP contribution in [0.1, 0.15) is 84.5 Å². The van der Waals surface area contributed by atoms with Gasteiger partial charge in [-0.05, 0) is 28.3 Å². The maximum atomic E-state index is 9.06. The molecule has 0 fully saturated rings.